The second-order valence-corrected chi connectivity index (χ2v) is 6.59. The van der Waals surface area contributed by atoms with E-state index in [-0.39, 0.29) is 5.91 Å². The third kappa shape index (κ3) is 3.25. The van der Waals surface area contributed by atoms with Gasteiger partial charge in [0.15, 0.2) is 0 Å². The quantitative estimate of drug-likeness (QED) is 0.762. The zero-order chi connectivity index (χ0) is 18.8. The molecule has 0 saturated carbocycles. The molecule has 1 aliphatic rings. The van der Waals surface area contributed by atoms with Crippen molar-refractivity contribution in [2.75, 3.05) is 10.2 Å². The van der Waals surface area contributed by atoms with Crippen molar-refractivity contribution in [1.29, 1.82) is 5.26 Å². The first-order valence-corrected chi connectivity index (χ1v) is 8.80. The van der Waals surface area contributed by atoms with Crippen molar-refractivity contribution in [3.8, 4) is 6.07 Å². The maximum atomic E-state index is 12.6. The van der Waals surface area contributed by atoms with E-state index in [2.05, 4.69) is 46.4 Å². The van der Waals surface area contributed by atoms with Crippen LogP contribution in [0.3, 0.4) is 0 Å². The zero-order valence-electron chi connectivity index (χ0n) is 14.9. The molecule has 0 bridgehead atoms. The van der Waals surface area contributed by atoms with Crippen LogP contribution in [0.5, 0.6) is 0 Å². The van der Waals surface area contributed by atoms with Crippen molar-refractivity contribution >= 4 is 23.0 Å². The van der Waals surface area contributed by atoms with Gasteiger partial charge in [0.05, 0.1) is 11.6 Å². The number of hydrogen-bond acceptors (Lipinski definition) is 4. The average Bonchev–Trinajstić information content (AvgIpc) is 3.04. The molecular weight excluding hydrogens is 336 g/mol. The van der Waals surface area contributed by atoms with Crippen LogP contribution in [0.15, 0.2) is 66.9 Å². The number of carbonyl (C=O) groups excluding carboxylic acids is 1. The van der Waals surface area contributed by atoms with Crippen LogP contribution < -0.4 is 10.2 Å². The lowest BCUT2D eigenvalue weighted by atomic mass is 10.1. The fraction of sp³-hybridized carbons (Fsp3) is 0.136. The van der Waals surface area contributed by atoms with Crippen molar-refractivity contribution in [3.63, 3.8) is 0 Å². The van der Waals surface area contributed by atoms with Gasteiger partial charge in [0, 0.05) is 29.3 Å². The Kier molecular flexibility index (Phi) is 4.31. The fourth-order valence-electron chi connectivity index (χ4n) is 3.48. The van der Waals surface area contributed by atoms with Crippen LogP contribution in [0, 0.1) is 11.3 Å². The van der Waals surface area contributed by atoms with E-state index in [4.69, 9.17) is 5.26 Å². The predicted molar refractivity (Wildman–Crippen MR) is 105 cm³/mol. The molecule has 0 aliphatic carbocycles. The molecule has 5 heteroatoms. The van der Waals surface area contributed by atoms with E-state index < -0.39 is 0 Å². The molecule has 3 aromatic rings. The van der Waals surface area contributed by atoms with Gasteiger partial charge in [-0.2, -0.15) is 5.26 Å². The van der Waals surface area contributed by atoms with Crippen LogP contribution in [0.1, 0.15) is 28.5 Å². The molecule has 2 aromatic carbocycles. The summed E-state index contributed by atoms with van der Waals surface area (Å²) in [7, 11) is 0. The summed E-state index contributed by atoms with van der Waals surface area (Å²) in [5.41, 5.74) is 4.97. The second-order valence-electron chi connectivity index (χ2n) is 6.59. The lowest BCUT2D eigenvalue weighted by Crippen LogP contribution is -2.24. The highest BCUT2D eigenvalue weighted by Crippen LogP contribution is 2.38. The zero-order valence-corrected chi connectivity index (χ0v) is 14.9. The molecule has 0 spiro atoms. The molecule has 132 valence electrons. The van der Waals surface area contributed by atoms with Gasteiger partial charge in [-0.05, 0) is 61.4 Å². The highest BCUT2D eigenvalue weighted by atomic mass is 16.1. The van der Waals surface area contributed by atoms with Crippen molar-refractivity contribution in [2.24, 2.45) is 0 Å². The molecule has 1 aromatic heterocycles. The molecule has 1 unspecified atom stereocenters. The lowest BCUT2D eigenvalue weighted by molar-refractivity contribution is 0.102. The minimum atomic E-state index is -0.276. The first-order chi connectivity index (χ1) is 13.2. The molecule has 5 nitrogen and oxygen atoms in total. The number of nitriles is 1. The summed E-state index contributed by atoms with van der Waals surface area (Å²) in [4.78, 5) is 19.1. The van der Waals surface area contributed by atoms with Gasteiger partial charge in [0.2, 0.25) is 0 Å². The van der Waals surface area contributed by atoms with E-state index in [1.165, 1.54) is 11.3 Å². The normalized spacial score (nSPS) is 15.1. The van der Waals surface area contributed by atoms with Crippen LogP contribution >= 0.6 is 0 Å². The maximum Gasteiger partial charge on any atom is 0.274 e. The number of para-hydroxylation sites is 1. The van der Waals surface area contributed by atoms with Gasteiger partial charge >= 0.3 is 0 Å². The van der Waals surface area contributed by atoms with Crippen molar-refractivity contribution in [2.45, 2.75) is 19.4 Å². The number of nitrogens with zero attached hydrogens (tertiary/aromatic N) is 3. The van der Waals surface area contributed by atoms with Crippen molar-refractivity contribution in [1.82, 2.24) is 4.98 Å². The molecule has 1 amide bonds. The van der Waals surface area contributed by atoms with E-state index in [9.17, 15) is 4.79 Å². The minimum Gasteiger partial charge on any atom is -0.338 e. The largest absolute Gasteiger partial charge is 0.338 e. The smallest absolute Gasteiger partial charge is 0.274 e. The van der Waals surface area contributed by atoms with Gasteiger partial charge in [-0.1, -0.05) is 18.2 Å². The summed E-state index contributed by atoms with van der Waals surface area (Å²) in [6.07, 6.45) is 2.64. The number of rotatable bonds is 3. The molecule has 1 aliphatic heterocycles. The van der Waals surface area contributed by atoms with E-state index in [0.29, 0.717) is 23.0 Å². The minimum absolute atomic E-state index is 0.276. The number of anilines is 3. The summed E-state index contributed by atoms with van der Waals surface area (Å²) < 4.78 is 0. The van der Waals surface area contributed by atoms with Gasteiger partial charge in [-0.3, -0.25) is 9.78 Å². The third-order valence-electron chi connectivity index (χ3n) is 4.73. The monoisotopic (exact) mass is 354 g/mol. The van der Waals surface area contributed by atoms with Crippen molar-refractivity contribution in [3.05, 3.63) is 83.7 Å². The molecule has 1 N–H and O–H groups in total. The third-order valence-corrected chi connectivity index (χ3v) is 4.73. The Morgan fingerprint density at radius 2 is 1.96 bits per heavy atom. The number of nitrogens with one attached hydrogen (secondary N) is 1. The highest BCUT2D eigenvalue weighted by Gasteiger charge is 2.27. The van der Waals surface area contributed by atoms with Crippen molar-refractivity contribution < 1.29 is 4.79 Å². The topological polar surface area (TPSA) is 69.0 Å². The molecule has 27 heavy (non-hydrogen) atoms. The number of aromatic nitrogens is 1. The average molecular weight is 354 g/mol. The van der Waals surface area contributed by atoms with Crippen LogP contribution in [0.2, 0.25) is 0 Å². The highest BCUT2D eigenvalue weighted by molar-refractivity contribution is 6.03. The SMILES string of the molecule is CC1Cc2ccccc2N1c1ccnc(C(=O)Nc2ccc(C#N)cc2)c1. The van der Waals surface area contributed by atoms with Gasteiger partial charge in [-0.25, -0.2) is 0 Å². The Balaban J connectivity index is 1.59. The molecule has 0 radical (unpaired) electrons. The molecule has 2 heterocycles. The second kappa shape index (κ2) is 6.93. The number of amides is 1. The lowest BCUT2D eigenvalue weighted by Gasteiger charge is -2.25. The first kappa shape index (κ1) is 16.8. The van der Waals surface area contributed by atoms with E-state index >= 15 is 0 Å². The van der Waals surface area contributed by atoms with E-state index in [1.54, 1.807) is 30.5 Å². The van der Waals surface area contributed by atoms with Crippen LogP contribution in [0.4, 0.5) is 17.1 Å². The molecular formula is C22H18N4O. The van der Waals surface area contributed by atoms with Gasteiger partial charge in [0.1, 0.15) is 5.69 Å². The van der Waals surface area contributed by atoms with Crippen LogP contribution in [-0.4, -0.2) is 16.9 Å². The Hall–Kier alpha value is -3.65. The Labute approximate surface area is 157 Å². The molecule has 4 rings (SSSR count). The van der Waals surface area contributed by atoms with Gasteiger partial charge < -0.3 is 10.2 Å². The first-order valence-electron chi connectivity index (χ1n) is 8.80. The number of fused-ring (bicyclic) bond motifs is 1. The number of carbonyl (C=O) groups is 1. The van der Waals surface area contributed by atoms with Gasteiger partial charge in [0.25, 0.3) is 5.91 Å². The molecule has 0 fully saturated rings. The maximum absolute atomic E-state index is 12.6. The summed E-state index contributed by atoms with van der Waals surface area (Å²) >= 11 is 0. The van der Waals surface area contributed by atoms with E-state index in [1.807, 2.05) is 18.2 Å². The molecule has 1 atom stereocenters. The standard InChI is InChI=1S/C22H18N4O/c1-15-12-17-4-2-3-5-21(17)26(15)19-10-11-24-20(13-19)22(27)25-18-8-6-16(14-23)7-9-18/h2-11,13,15H,12H2,1H3,(H,25,27). The summed E-state index contributed by atoms with van der Waals surface area (Å²) in [5, 5.41) is 11.7. The van der Waals surface area contributed by atoms with E-state index in [0.717, 1.165) is 12.1 Å². The van der Waals surface area contributed by atoms with Gasteiger partial charge in [-0.15, -0.1) is 0 Å². The fourth-order valence-corrected chi connectivity index (χ4v) is 3.48. The Bertz CT molecular complexity index is 1040. The van der Waals surface area contributed by atoms with Crippen LogP contribution in [0.25, 0.3) is 0 Å². The van der Waals surface area contributed by atoms with Crippen LogP contribution in [-0.2, 0) is 6.42 Å². The summed E-state index contributed by atoms with van der Waals surface area (Å²) in [6, 6.07) is 21.2. The Morgan fingerprint density at radius 3 is 2.74 bits per heavy atom. The number of benzene rings is 2. The Morgan fingerprint density at radius 1 is 1.19 bits per heavy atom. The number of hydrogen-bond donors (Lipinski definition) is 1. The summed E-state index contributed by atoms with van der Waals surface area (Å²) in [5.74, 6) is -0.276. The number of pyridine rings is 1. The molecule has 0 saturated heterocycles. The summed E-state index contributed by atoms with van der Waals surface area (Å²) in [6.45, 7) is 2.18. The predicted octanol–water partition coefficient (Wildman–Crippen LogP) is 4.29.